The van der Waals surface area contributed by atoms with Crippen LogP contribution in [0.25, 0.3) is 0 Å². The maximum Gasteiger partial charge on any atom is 0.0947 e. The summed E-state index contributed by atoms with van der Waals surface area (Å²) < 4.78 is 0. The Bertz CT molecular complexity index is 375. The lowest BCUT2D eigenvalue weighted by molar-refractivity contribution is 0.246. The molecular weight excluding hydrogens is 234 g/mol. The number of nitrogens with zero attached hydrogens (tertiary/aromatic N) is 1. The van der Waals surface area contributed by atoms with Crippen molar-refractivity contribution >= 4 is 17.4 Å². The van der Waals surface area contributed by atoms with Gasteiger partial charge in [0.2, 0.25) is 0 Å². The second-order valence-corrected chi connectivity index (χ2v) is 4.96. The number of halogens is 1. The molecule has 0 spiro atoms. The first-order valence-electron chi connectivity index (χ1n) is 5.71. The van der Waals surface area contributed by atoms with Gasteiger partial charge in [0.25, 0.3) is 0 Å². The average Bonchev–Trinajstić information content (AvgIpc) is 2.28. The molecule has 0 aromatic heterocycles. The summed E-state index contributed by atoms with van der Waals surface area (Å²) in [6.45, 7) is 4.88. The molecule has 0 fully saturated rings. The van der Waals surface area contributed by atoms with Crippen molar-refractivity contribution in [3.05, 3.63) is 34.9 Å². The third-order valence-electron chi connectivity index (χ3n) is 3.11. The minimum absolute atomic E-state index is 0.0785. The monoisotopic (exact) mass is 253 g/mol. The predicted molar refractivity (Wildman–Crippen MR) is 73.6 cm³/mol. The third-order valence-corrected chi connectivity index (χ3v) is 3.36. The zero-order valence-electron chi connectivity index (χ0n) is 10.6. The Hall–Kier alpha value is -1.06. The molecule has 1 aromatic carbocycles. The van der Waals surface area contributed by atoms with Crippen molar-refractivity contribution in [3.63, 3.8) is 0 Å². The summed E-state index contributed by atoms with van der Waals surface area (Å²) >= 11 is 5.86. The van der Waals surface area contributed by atoms with E-state index in [1.54, 1.807) is 0 Å². The molecule has 0 bridgehead atoms. The Morgan fingerprint density at radius 2 is 1.88 bits per heavy atom. The van der Waals surface area contributed by atoms with E-state index in [0.29, 0.717) is 0 Å². The molecule has 0 aliphatic rings. The van der Waals surface area contributed by atoms with Crippen LogP contribution in [0, 0.1) is 11.3 Å². The van der Waals surface area contributed by atoms with E-state index in [9.17, 15) is 0 Å². The molecule has 0 heterocycles. The molecule has 2 unspecified atom stereocenters. The normalized spacial score (nSPS) is 14.6. The van der Waals surface area contributed by atoms with Crippen LogP contribution in [0.5, 0.6) is 0 Å². The number of rotatable bonds is 5. The van der Waals surface area contributed by atoms with Gasteiger partial charge in [-0.3, -0.25) is 10.3 Å². The summed E-state index contributed by atoms with van der Waals surface area (Å²) in [5, 5.41) is 8.15. The highest BCUT2D eigenvalue weighted by molar-refractivity contribution is 6.30. The number of benzene rings is 1. The molecule has 0 aliphatic heterocycles. The topological polar surface area (TPSA) is 53.1 Å². The molecular formula is C13H20ClN3. The SMILES string of the molecule is CC(CN(C)C(C)c1ccc(Cl)cc1)C(=N)N. The maximum atomic E-state index is 7.40. The van der Waals surface area contributed by atoms with Gasteiger partial charge in [-0.05, 0) is 31.7 Å². The van der Waals surface area contributed by atoms with Crippen LogP contribution in [-0.2, 0) is 0 Å². The Morgan fingerprint density at radius 1 is 1.35 bits per heavy atom. The molecule has 0 amide bonds. The fourth-order valence-corrected chi connectivity index (χ4v) is 1.81. The van der Waals surface area contributed by atoms with Crippen LogP contribution in [-0.4, -0.2) is 24.3 Å². The number of hydrogen-bond acceptors (Lipinski definition) is 2. The van der Waals surface area contributed by atoms with Gasteiger partial charge in [-0.15, -0.1) is 0 Å². The van der Waals surface area contributed by atoms with E-state index in [-0.39, 0.29) is 17.8 Å². The van der Waals surface area contributed by atoms with Gasteiger partial charge in [0.1, 0.15) is 0 Å². The average molecular weight is 254 g/mol. The number of hydrogen-bond donors (Lipinski definition) is 2. The lowest BCUT2D eigenvalue weighted by Crippen LogP contribution is -2.33. The lowest BCUT2D eigenvalue weighted by Gasteiger charge is -2.27. The van der Waals surface area contributed by atoms with Crippen LogP contribution >= 0.6 is 11.6 Å². The van der Waals surface area contributed by atoms with Crippen LogP contribution in [0.2, 0.25) is 5.02 Å². The van der Waals surface area contributed by atoms with Gasteiger partial charge in [0, 0.05) is 23.5 Å². The van der Waals surface area contributed by atoms with Crippen molar-refractivity contribution in [1.29, 1.82) is 5.41 Å². The van der Waals surface area contributed by atoms with Crippen molar-refractivity contribution < 1.29 is 0 Å². The Labute approximate surface area is 108 Å². The van der Waals surface area contributed by atoms with Gasteiger partial charge in [-0.1, -0.05) is 30.7 Å². The number of amidine groups is 1. The highest BCUT2D eigenvalue weighted by Gasteiger charge is 2.15. The van der Waals surface area contributed by atoms with Gasteiger partial charge >= 0.3 is 0 Å². The number of nitrogens with two attached hydrogens (primary N) is 1. The van der Waals surface area contributed by atoms with E-state index >= 15 is 0 Å². The molecule has 3 nitrogen and oxygen atoms in total. The van der Waals surface area contributed by atoms with Crippen LogP contribution in [0.4, 0.5) is 0 Å². The van der Waals surface area contributed by atoms with E-state index in [4.69, 9.17) is 22.7 Å². The van der Waals surface area contributed by atoms with Crippen LogP contribution < -0.4 is 5.73 Å². The first-order valence-corrected chi connectivity index (χ1v) is 6.09. The summed E-state index contributed by atoms with van der Waals surface area (Å²) in [4.78, 5) is 2.19. The second-order valence-electron chi connectivity index (χ2n) is 4.52. The summed E-state index contributed by atoms with van der Waals surface area (Å²) in [5.41, 5.74) is 6.70. The fourth-order valence-electron chi connectivity index (χ4n) is 1.68. The standard InChI is InChI=1S/C13H20ClN3/c1-9(13(15)16)8-17(3)10(2)11-4-6-12(14)7-5-11/h4-7,9-10H,8H2,1-3H3,(H3,15,16). The van der Waals surface area contributed by atoms with Crippen molar-refractivity contribution in [2.75, 3.05) is 13.6 Å². The first-order chi connectivity index (χ1) is 7.91. The van der Waals surface area contributed by atoms with Gasteiger partial charge in [0.15, 0.2) is 0 Å². The second kappa shape index (κ2) is 6.03. The Kier molecular flexibility index (Phi) is 4.97. The zero-order valence-corrected chi connectivity index (χ0v) is 11.3. The van der Waals surface area contributed by atoms with E-state index in [1.165, 1.54) is 5.56 Å². The minimum Gasteiger partial charge on any atom is -0.387 e. The van der Waals surface area contributed by atoms with E-state index < -0.39 is 0 Å². The van der Waals surface area contributed by atoms with E-state index in [2.05, 4.69) is 11.8 Å². The van der Waals surface area contributed by atoms with Crippen molar-refractivity contribution in [1.82, 2.24) is 4.90 Å². The largest absolute Gasteiger partial charge is 0.387 e. The summed E-state index contributed by atoms with van der Waals surface area (Å²) in [7, 11) is 2.04. The van der Waals surface area contributed by atoms with Crippen molar-refractivity contribution in [2.45, 2.75) is 19.9 Å². The maximum absolute atomic E-state index is 7.40. The fraction of sp³-hybridized carbons (Fsp3) is 0.462. The van der Waals surface area contributed by atoms with Crippen molar-refractivity contribution in [2.24, 2.45) is 11.7 Å². The lowest BCUT2D eigenvalue weighted by atomic mass is 10.1. The summed E-state index contributed by atoms with van der Waals surface area (Å²) in [5.74, 6) is 0.315. The van der Waals surface area contributed by atoms with Gasteiger partial charge in [-0.2, -0.15) is 0 Å². The first kappa shape index (κ1) is 14.0. The van der Waals surface area contributed by atoms with Gasteiger partial charge < -0.3 is 5.73 Å². The van der Waals surface area contributed by atoms with Crippen LogP contribution in [0.3, 0.4) is 0 Å². The molecule has 0 saturated carbocycles. The van der Waals surface area contributed by atoms with Gasteiger partial charge in [-0.25, -0.2) is 0 Å². The minimum atomic E-state index is 0.0785. The molecule has 4 heteroatoms. The zero-order chi connectivity index (χ0) is 13.0. The van der Waals surface area contributed by atoms with Crippen LogP contribution in [0.15, 0.2) is 24.3 Å². The quantitative estimate of drug-likeness (QED) is 0.626. The molecule has 2 atom stereocenters. The Morgan fingerprint density at radius 3 is 2.35 bits per heavy atom. The number of nitrogens with one attached hydrogen (secondary N) is 1. The molecule has 0 saturated heterocycles. The summed E-state index contributed by atoms with van der Waals surface area (Å²) in [6, 6.07) is 8.14. The highest BCUT2D eigenvalue weighted by Crippen LogP contribution is 2.21. The molecule has 94 valence electrons. The van der Waals surface area contributed by atoms with Crippen molar-refractivity contribution in [3.8, 4) is 0 Å². The molecule has 17 heavy (non-hydrogen) atoms. The molecule has 0 aliphatic carbocycles. The van der Waals surface area contributed by atoms with E-state index in [0.717, 1.165) is 11.6 Å². The predicted octanol–water partition coefficient (Wildman–Crippen LogP) is 2.90. The highest BCUT2D eigenvalue weighted by atomic mass is 35.5. The van der Waals surface area contributed by atoms with Crippen LogP contribution in [0.1, 0.15) is 25.5 Å². The van der Waals surface area contributed by atoms with Gasteiger partial charge in [0.05, 0.1) is 5.84 Å². The summed E-state index contributed by atoms with van der Waals surface area (Å²) in [6.07, 6.45) is 0. The molecule has 1 rings (SSSR count). The van der Waals surface area contributed by atoms with E-state index in [1.807, 2.05) is 38.2 Å². The third kappa shape index (κ3) is 4.02. The molecule has 3 N–H and O–H groups in total. The Balaban J connectivity index is 2.66. The smallest absolute Gasteiger partial charge is 0.0947 e. The molecule has 0 radical (unpaired) electrons. The molecule has 1 aromatic rings.